The van der Waals surface area contributed by atoms with Crippen LogP contribution in [0, 0.1) is 18.8 Å². The van der Waals surface area contributed by atoms with E-state index in [2.05, 4.69) is 12.2 Å². The highest BCUT2D eigenvalue weighted by atomic mass is 16.2. The Kier molecular flexibility index (Phi) is 6.07. The second-order valence-corrected chi connectivity index (χ2v) is 8.81. The van der Waals surface area contributed by atoms with Gasteiger partial charge in [-0.2, -0.15) is 0 Å². The zero-order valence-corrected chi connectivity index (χ0v) is 18.1. The minimum atomic E-state index is -0.317. The molecular formula is C25H29N3O3. The Hall–Kier alpha value is -3.15. The van der Waals surface area contributed by atoms with E-state index in [4.69, 9.17) is 0 Å². The first-order valence-electron chi connectivity index (χ1n) is 11.0. The first-order valence-corrected chi connectivity index (χ1v) is 11.0. The summed E-state index contributed by atoms with van der Waals surface area (Å²) in [4.78, 5) is 41.9. The van der Waals surface area contributed by atoms with Crippen LogP contribution in [0.3, 0.4) is 0 Å². The Balaban J connectivity index is 1.44. The molecule has 2 aromatic rings. The zero-order chi connectivity index (χ0) is 22.0. The van der Waals surface area contributed by atoms with Gasteiger partial charge in [-0.1, -0.05) is 30.7 Å². The zero-order valence-electron chi connectivity index (χ0n) is 18.1. The van der Waals surface area contributed by atoms with Crippen molar-refractivity contribution in [2.45, 2.75) is 33.1 Å². The van der Waals surface area contributed by atoms with Gasteiger partial charge in [-0.25, -0.2) is 0 Å². The molecule has 4 rings (SSSR count). The van der Waals surface area contributed by atoms with E-state index in [9.17, 15) is 14.4 Å². The second kappa shape index (κ2) is 8.92. The van der Waals surface area contributed by atoms with Gasteiger partial charge in [-0.05, 0) is 56.0 Å². The van der Waals surface area contributed by atoms with E-state index in [1.807, 2.05) is 42.2 Å². The average molecular weight is 420 g/mol. The number of nitrogens with zero attached hydrogens (tertiary/aromatic N) is 2. The van der Waals surface area contributed by atoms with Gasteiger partial charge in [0.15, 0.2) is 0 Å². The number of rotatable bonds is 4. The Labute approximate surface area is 183 Å². The van der Waals surface area contributed by atoms with E-state index in [1.54, 1.807) is 23.1 Å². The molecule has 2 saturated heterocycles. The summed E-state index contributed by atoms with van der Waals surface area (Å²) in [7, 11) is 0. The number of likely N-dealkylation sites (tertiary alicyclic amines) is 1. The van der Waals surface area contributed by atoms with Crippen LogP contribution in [0.15, 0.2) is 48.5 Å². The minimum Gasteiger partial charge on any atom is -0.342 e. The summed E-state index contributed by atoms with van der Waals surface area (Å²) in [5.74, 6) is -0.0279. The molecule has 2 fully saturated rings. The van der Waals surface area contributed by atoms with Gasteiger partial charge in [0.1, 0.15) is 0 Å². The highest BCUT2D eigenvalue weighted by Crippen LogP contribution is 2.28. The number of carbonyl (C=O) groups is 3. The largest absolute Gasteiger partial charge is 0.342 e. The van der Waals surface area contributed by atoms with E-state index >= 15 is 0 Å². The second-order valence-electron chi connectivity index (χ2n) is 8.81. The molecule has 0 radical (unpaired) electrons. The molecule has 2 heterocycles. The smallest absolute Gasteiger partial charge is 0.255 e. The van der Waals surface area contributed by atoms with Crippen LogP contribution in [0.5, 0.6) is 0 Å². The van der Waals surface area contributed by atoms with E-state index in [1.165, 1.54) is 0 Å². The van der Waals surface area contributed by atoms with Crippen LogP contribution < -0.4 is 10.2 Å². The third-order valence-electron chi connectivity index (χ3n) is 6.17. The van der Waals surface area contributed by atoms with Gasteiger partial charge < -0.3 is 15.1 Å². The topological polar surface area (TPSA) is 69.7 Å². The van der Waals surface area contributed by atoms with Crippen molar-refractivity contribution in [1.82, 2.24) is 4.90 Å². The molecule has 0 aliphatic carbocycles. The van der Waals surface area contributed by atoms with Gasteiger partial charge in [0.2, 0.25) is 11.8 Å². The van der Waals surface area contributed by atoms with Crippen LogP contribution in [-0.4, -0.2) is 42.3 Å². The van der Waals surface area contributed by atoms with Crippen molar-refractivity contribution in [2.75, 3.05) is 29.9 Å². The summed E-state index contributed by atoms with van der Waals surface area (Å²) in [5, 5.41) is 2.89. The third kappa shape index (κ3) is 4.79. The SMILES string of the molecule is Cc1ccc(NC(=O)c2cccc(N3C[C@H](C(=O)N4CCC[C@H](C)C4)CC3=O)c2)cc1. The highest BCUT2D eigenvalue weighted by molar-refractivity contribution is 6.06. The lowest BCUT2D eigenvalue weighted by atomic mass is 9.98. The van der Waals surface area contributed by atoms with E-state index in [0.29, 0.717) is 23.7 Å². The molecule has 0 aromatic heterocycles. The molecule has 6 heteroatoms. The van der Waals surface area contributed by atoms with Crippen molar-refractivity contribution < 1.29 is 14.4 Å². The number of hydrogen-bond acceptors (Lipinski definition) is 3. The summed E-state index contributed by atoms with van der Waals surface area (Å²) in [6, 6.07) is 14.6. The molecule has 162 valence electrons. The van der Waals surface area contributed by atoms with Crippen LogP contribution in [-0.2, 0) is 9.59 Å². The molecule has 0 bridgehead atoms. The Morgan fingerprint density at radius 3 is 2.58 bits per heavy atom. The minimum absolute atomic E-state index is 0.0699. The molecule has 6 nitrogen and oxygen atoms in total. The predicted molar refractivity (Wildman–Crippen MR) is 121 cm³/mol. The van der Waals surface area contributed by atoms with Crippen molar-refractivity contribution in [1.29, 1.82) is 0 Å². The van der Waals surface area contributed by atoms with Gasteiger partial charge in [-0.15, -0.1) is 0 Å². The monoisotopic (exact) mass is 419 g/mol. The summed E-state index contributed by atoms with van der Waals surface area (Å²) in [6.07, 6.45) is 2.40. The third-order valence-corrected chi connectivity index (χ3v) is 6.17. The van der Waals surface area contributed by atoms with Crippen LogP contribution in [0.2, 0.25) is 0 Å². The van der Waals surface area contributed by atoms with E-state index in [0.717, 1.165) is 37.2 Å². The van der Waals surface area contributed by atoms with Crippen LogP contribution in [0.1, 0.15) is 42.1 Å². The summed E-state index contributed by atoms with van der Waals surface area (Å²) >= 11 is 0. The lowest BCUT2D eigenvalue weighted by Crippen LogP contribution is -2.43. The number of amides is 3. The Morgan fingerprint density at radius 2 is 1.84 bits per heavy atom. The lowest BCUT2D eigenvalue weighted by molar-refractivity contribution is -0.137. The number of piperidine rings is 1. The molecule has 0 unspecified atom stereocenters. The van der Waals surface area contributed by atoms with Crippen molar-refractivity contribution in [3.8, 4) is 0 Å². The number of carbonyl (C=O) groups excluding carboxylic acids is 3. The molecular weight excluding hydrogens is 390 g/mol. The molecule has 2 atom stereocenters. The Bertz CT molecular complexity index is 986. The maximum atomic E-state index is 13.0. The van der Waals surface area contributed by atoms with Gasteiger partial charge in [0, 0.05) is 43.0 Å². The summed E-state index contributed by atoms with van der Waals surface area (Å²) in [5.41, 5.74) is 2.98. The van der Waals surface area contributed by atoms with Crippen LogP contribution >= 0.6 is 0 Å². The molecule has 2 aromatic carbocycles. The Morgan fingerprint density at radius 1 is 1.06 bits per heavy atom. The van der Waals surface area contributed by atoms with E-state index in [-0.39, 0.29) is 30.1 Å². The highest BCUT2D eigenvalue weighted by Gasteiger charge is 2.38. The molecule has 3 amide bonds. The molecule has 0 saturated carbocycles. The van der Waals surface area contributed by atoms with Crippen LogP contribution in [0.25, 0.3) is 0 Å². The maximum absolute atomic E-state index is 13.0. The molecule has 0 spiro atoms. The number of anilines is 2. The first-order chi connectivity index (χ1) is 14.9. The van der Waals surface area contributed by atoms with Crippen molar-refractivity contribution in [2.24, 2.45) is 11.8 Å². The average Bonchev–Trinajstić information content (AvgIpc) is 3.16. The molecule has 2 aliphatic rings. The molecule has 2 aliphatic heterocycles. The number of benzene rings is 2. The summed E-state index contributed by atoms with van der Waals surface area (Å²) in [6.45, 7) is 6.08. The number of nitrogens with one attached hydrogen (secondary N) is 1. The lowest BCUT2D eigenvalue weighted by Gasteiger charge is -2.32. The summed E-state index contributed by atoms with van der Waals surface area (Å²) < 4.78 is 0. The predicted octanol–water partition coefficient (Wildman–Crippen LogP) is 3.86. The van der Waals surface area contributed by atoms with Crippen molar-refractivity contribution in [3.63, 3.8) is 0 Å². The van der Waals surface area contributed by atoms with Crippen molar-refractivity contribution >= 4 is 29.1 Å². The number of hydrogen-bond donors (Lipinski definition) is 1. The fraction of sp³-hybridized carbons (Fsp3) is 0.400. The molecule has 31 heavy (non-hydrogen) atoms. The maximum Gasteiger partial charge on any atom is 0.255 e. The standard InChI is InChI=1S/C25H29N3O3/c1-17-8-10-21(11-9-17)26-24(30)19-6-3-7-22(13-19)28-16-20(14-23(28)29)25(31)27-12-4-5-18(2)15-27/h3,6-11,13,18,20H,4-5,12,14-16H2,1-2H3,(H,26,30)/t18-,20+/m0/s1. The van der Waals surface area contributed by atoms with Gasteiger partial charge in [-0.3, -0.25) is 14.4 Å². The van der Waals surface area contributed by atoms with Crippen molar-refractivity contribution in [3.05, 3.63) is 59.7 Å². The van der Waals surface area contributed by atoms with Gasteiger partial charge >= 0.3 is 0 Å². The van der Waals surface area contributed by atoms with Gasteiger partial charge in [0.05, 0.1) is 5.92 Å². The molecule has 1 N–H and O–H groups in total. The fourth-order valence-corrected chi connectivity index (χ4v) is 4.43. The quantitative estimate of drug-likeness (QED) is 0.818. The normalized spacial score (nSPS) is 21.3. The van der Waals surface area contributed by atoms with Gasteiger partial charge in [0.25, 0.3) is 5.91 Å². The van der Waals surface area contributed by atoms with Crippen LogP contribution in [0.4, 0.5) is 11.4 Å². The van der Waals surface area contributed by atoms with E-state index < -0.39 is 0 Å². The fourth-order valence-electron chi connectivity index (χ4n) is 4.43. The first kappa shape index (κ1) is 21.1. The number of aryl methyl sites for hydroxylation is 1.